The Hall–Kier alpha value is -0.170. The predicted octanol–water partition coefficient (Wildman–Crippen LogP) is -0.879. The van der Waals surface area contributed by atoms with Gasteiger partial charge >= 0.3 is 0 Å². The molecule has 1 aliphatic rings. The third-order valence-corrected chi connectivity index (χ3v) is 3.74. The molecule has 1 unspecified atom stereocenters. The molecule has 0 aliphatic carbocycles. The van der Waals surface area contributed by atoms with E-state index in [1.807, 2.05) is 0 Å². The lowest BCUT2D eigenvalue weighted by atomic mass is 10.2. The molecular weight excluding hydrogens is 190 g/mol. The van der Waals surface area contributed by atoms with Gasteiger partial charge in [0.15, 0.2) is 0 Å². The third-order valence-electron chi connectivity index (χ3n) is 2.16. The van der Waals surface area contributed by atoms with E-state index in [1.165, 1.54) is 4.31 Å². The van der Waals surface area contributed by atoms with Crippen LogP contribution in [0.15, 0.2) is 0 Å². The molecule has 0 bridgehead atoms. The van der Waals surface area contributed by atoms with E-state index in [0.717, 1.165) is 6.42 Å². The van der Waals surface area contributed by atoms with E-state index in [1.54, 1.807) is 0 Å². The van der Waals surface area contributed by atoms with Gasteiger partial charge in [0.05, 0.1) is 0 Å². The van der Waals surface area contributed by atoms with Gasteiger partial charge in [0.2, 0.25) is 0 Å². The molecule has 1 heterocycles. The highest BCUT2D eigenvalue weighted by Gasteiger charge is 2.28. The molecule has 13 heavy (non-hydrogen) atoms. The number of nitrogens with zero attached hydrogens (tertiary/aromatic N) is 1. The third kappa shape index (κ3) is 2.91. The molecule has 6 heteroatoms. The van der Waals surface area contributed by atoms with Gasteiger partial charge < -0.3 is 5.73 Å². The molecule has 0 saturated carbocycles. The molecule has 0 aromatic rings. The normalized spacial score (nSPS) is 25.2. The van der Waals surface area contributed by atoms with Crippen molar-refractivity contribution in [1.29, 1.82) is 0 Å². The molecule has 0 amide bonds. The van der Waals surface area contributed by atoms with E-state index in [9.17, 15) is 8.42 Å². The molecule has 1 saturated heterocycles. The molecule has 1 aliphatic heterocycles. The van der Waals surface area contributed by atoms with Gasteiger partial charge in [-0.05, 0) is 12.3 Å². The number of hydrogen-bond acceptors (Lipinski definition) is 3. The van der Waals surface area contributed by atoms with E-state index in [-0.39, 0.29) is 0 Å². The first-order valence-electron chi connectivity index (χ1n) is 4.51. The highest BCUT2D eigenvalue weighted by molar-refractivity contribution is 7.87. The van der Waals surface area contributed by atoms with E-state index in [0.29, 0.717) is 32.1 Å². The molecule has 78 valence electrons. The van der Waals surface area contributed by atoms with Crippen LogP contribution in [0.2, 0.25) is 0 Å². The molecular formula is C7H17N3O2S. The van der Waals surface area contributed by atoms with Gasteiger partial charge in [-0.2, -0.15) is 12.7 Å². The molecule has 0 spiro atoms. The lowest BCUT2D eigenvalue weighted by molar-refractivity contribution is 0.454. The first kappa shape index (κ1) is 10.9. The summed E-state index contributed by atoms with van der Waals surface area (Å²) in [7, 11) is -3.25. The molecule has 0 aromatic carbocycles. The predicted molar refractivity (Wildman–Crippen MR) is 51.3 cm³/mol. The van der Waals surface area contributed by atoms with Crippen molar-refractivity contribution in [2.24, 2.45) is 11.7 Å². The first-order chi connectivity index (χ1) is 6.06. The van der Waals surface area contributed by atoms with Crippen molar-refractivity contribution in [3.8, 4) is 0 Å². The fourth-order valence-electron chi connectivity index (χ4n) is 1.39. The van der Waals surface area contributed by atoms with Crippen molar-refractivity contribution < 1.29 is 8.42 Å². The van der Waals surface area contributed by atoms with Crippen LogP contribution in [0.4, 0.5) is 0 Å². The first-order valence-corrected chi connectivity index (χ1v) is 5.95. The second kappa shape index (κ2) is 4.36. The molecule has 1 fully saturated rings. The van der Waals surface area contributed by atoms with E-state index in [4.69, 9.17) is 5.73 Å². The van der Waals surface area contributed by atoms with Gasteiger partial charge in [-0.15, -0.1) is 0 Å². The summed E-state index contributed by atoms with van der Waals surface area (Å²) >= 11 is 0. The minimum atomic E-state index is -3.25. The standard InChI is InChI=1S/C7H17N3O2S/c1-7-2-5-10(6-7)13(11,12)9-4-3-8/h7,9H,2-6,8H2,1H3. The lowest BCUT2D eigenvalue weighted by Gasteiger charge is -2.15. The average molecular weight is 207 g/mol. The van der Waals surface area contributed by atoms with Crippen LogP contribution in [0.5, 0.6) is 0 Å². The van der Waals surface area contributed by atoms with Crippen LogP contribution in [0.3, 0.4) is 0 Å². The zero-order valence-electron chi connectivity index (χ0n) is 7.86. The van der Waals surface area contributed by atoms with Crippen LogP contribution in [0, 0.1) is 5.92 Å². The maximum atomic E-state index is 11.5. The largest absolute Gasteiger partial charge is 0.329 e. The minimum Gasteiger partial charge on any atom is -0.329 e. The zero-order valence-corrected chi connectivity index (χ0v) is 8.68. The minimum absolute atomic E-state index is 0.313. The van der Waals surface area contributed by atoms with Gasteiger partial charge in [-0.25, -0.2) is 4.72 Å². The summed E-state index contributed by atoms with van der Waals surface area (Å²) in [4.78, 5) is 0. The molecule has 3 N–H and O–H groups in total. The van der Waals surface area contributed by atoms with Crippen LogP contribution in [0.25, 0.3) is 0 Å². The number of nitrogens with one attached hydrogen (secondary N) is 1. The van der Waals surface area contributed by atoms with Crippen molar-refractivity contribution in [3.63, 3.8) is 0 Å². The number of nitrogens with two attached hydrogens (primary N) is 1. The van der Waals surface area contributed by atoms with Crippen LogP contribution in [-0.4, -0.2) is 38.9 Å². The fraction of sp³-hybridized carbons (Fsp3) is 1.00. The summed E-state index contributed by atoms with van der Waals surface area (Å²) in [6, 6.07) is 0. The van der Waals surface area contributed by atoms with Crippen molar-refractivity contribution in [2.45, 2.75) is 13.3 Å². The van der Waals surface area contributed by atoms with Gasteiger partial charge in [0.1, 0.15) is 0 Å². The van der Waals surface area contributed by atoms with Gasteiger partial charge in [0.25, 0.3) is 10.2 Å². The Morgan fingerprint density at radius 2 is 2.31 bits per heavy atom. The molecule has 0 radical (unpaired) electrons. The molecule has 0 aromatic heterocycles. The van der Waals surface area contributed by atoms with Crippen LogP contribution < -0.4 is 10.5 Å². The van der Waals surface area contributed by atoms with Gasteiger partial charge in [-0.1, -0.05) is 6.92 Å². The summed E-state index contributed by atoms with van der Waals surface area (Å²) in [6.45, 7) is 3.95. The summed E-state index contributed by atoms with van der Waals surface area (Å²) in [5.74, 6) is 0.467. The Bertz CT molecular complexity index is 252. The zero-order chi connectivity index (χ0) is 9.90. The van der Waals surface area contributed by atoms with Crippen molar-refractivity contribution in [2.75, 3.05) is 26.2 Å². The quantitative estimate of drug-likeness (QED) is 0.628. The topological polar surface area (TPSA) is 75.4 Å². The second-order valence-corrected chi connectivity index (χ2v) is 5.20. The smallest absolute Gasteiger partial charge is 0.279 e. The van der Waals surface area contributed by atoms with E-state index < -0.39 is 10.2 Å². The van der Waals surface area contributed by atoms with E-state index in [2.05, 4.69) is 11.6 Å². The summed E-state index contributed by atoms with van der Waals surface area (Å²) in [5, 5.41) is 0. The summed E-state index contributed by atoms with van der Waals surface area (Å²) in [6.07, 6.45) is 0.948. The Morgan fingerprint density at radius 3 is 2.77 bits per heavy atom. The van der Waals surface area contributed by atoms with Crippen molar-refractivity contribution >= 4 is 10.2 Å². The Balaban J connectivity index is 2.50. The van der Waals surface area contributed by atoms with Gasteiger partial charge in [0, 0.05) is 26.2 Å². The van der Waals surface area contributed by atoms with E-state index >= 15 is 0 Å². The highest BCUT2D eigenvalue weighted by atomic mass is 32.2. The maximum absolute atomic E-state index is 11.5. The SMILES string of the molecule is CC1CCN(S(=O)(=O)NCCN)C1. The van der Waals surface area contributed by atoms with Crippen molar-refractivity contribution in [3.05, 3.63) is 0 Å². The van der Waals surface area contributed by atoms with Crippen molar-refractivity contribution in [1.82, 2.24) is 9.03 Å². The van der Waals surface area contributed by atoms with Crippen LogP contribution in [-0.2, 0) is 10.2 Å². The maximum Gasteiger partial charge on any atom is 0.279 e. The molecule has 1 atom stereocenters. The Labute approximate surface area is 79.5 Å². The van der Waals surface area contributed by atoms with Crippen LogP contribution in [0.1, 0.15) is 13.3 Å². The van der Waals surface area contributed by atoms with Gasteiger partial charge in [-0.3, -0.25) is 0 Å². The molecule has 5 nitrogen and oxygen atoms in total. The second-order valence-electron chi connectivity index (χ2n) is 3.44. The Morgan fingerprint density at radius 1 is 1.62 bits per heavy atom. The highest BCUT2D eigenvalue weighted by Crippen LogP contribution is 2.17. The number of rotatable bonds is 4. The van der Waals surface area contributed by atoms with Crippen LogP contribution >= 0.6 is 0 Å². The monoisotopic (exact) mass is 207 g/mol. The fourth-order valence-corrected chi connectivity index (χ4v) is 2.75. The summed E-state index contributed by atoms with van der Waals surface area (Å²) in [5.41, 5.74) is 5.22. The lowest BCUT2D eigenvalue weighted by Crippen LogP contribution is -2.41. The number of hydrogen-bond donors (Lipinski definition) is 2. The Kier molecular flexibility index (Phi) is 3.66. The molecule has 1 rings (SSSR count). The summed E-state index contributed by atoms with van der Waals surface area (Å²) < 4.78 is 26.9. The average Bonchev–Trinajstić information content (AvgIpc) is 2.49.